The summed E-state index contributed by atoms with van der Waals surface area (Å²) in [6.45, 7) is 2.05. The molecule has 54 heavy (non-hydrogen) atoms. The SMILES string of the molecule is O=C(CCCC[C@@H]1SC[C@@H]2NC(=O)N[C@@H]21)NCCOCCOC(=O)COCCOCCNC(=O)CCNC(=O)OCC1c2ccccc2-c2ccccc21. The van der Waals surface area contributed by atoms with Crippen molar-refractivity contribution in [2.45, 2.75) is 55.4 Å². The molecule has 294 valence electrons. The van der Waals surface area contributed by atoms with E-state index < -0.39 is 12.1 Å². The third kappa shape index (κ3) is 12.9. The Labute approximate surface area is 319 Å². The number of rotatable bonds is 24. The number of urea groups is 1. The summed E-state index contributed by atoms with van der Waals surface area (Å²) < 4.78 is 26.6. The van der Waals surface area contributed by atoms with Gasteiger partial charge in [0.05, 0.1) is 45.1 Å². The van der Waals surface area contributed by atoms with E-state index in [-0.39, 0.29) is 102 Å². The predicted molar refractivity (Wildman–Crippen MR) is 201 cm³/mol. The van der Waals surface area contributed by atoms with Gasteiger partial charge in [-0.05, 0) is 35.1 Å². The summed E-state index contributed by atoms with van der Waals surface area (Å²) in [5.41, 5.74) is 4.57. The van der Waals surface area contributed by atoms with Crippen molar-refractivity contribution in [3.63, 3.8) is 0 Å². The van der Waals surface area contributed by atoms with Crippen LogP contribution in [0.4, 0.5) is 9.59 Å². The molecular formula is C38H51N5O10S. The van der Waals surface area contributed by atoms with Gasteiger partial charge >= 0.3 is 18.1 Å². The Balaban J connectivity index is 0.757. The zero-order valence-electron chi connectivity index (χ0n) is 30.4. The molecule has 0 spiro atoms. The van der Waals surface area contributed by atoms with E-state index in [9.17, 15) is 24.0 Å². The Morgan fingerprint density at radius 2 is 1.35 bits per heavy atom. The van der Waals surface area contributed by atoms with E-state index in [1.807, 2.05) is 36.0 Å². The van der Waals surface area contributed by atoms with Crippen molar-refractivity contribution in [3.8, 4) is 11.1 Å². The average Bonchev–Trinajstić information content (AvgIpc) is 3.83. The van der Waals surface area contributed by atoms with Crippen LogP contribution in [-0.2, 0) is 38.1 Å². The first kappa shape index (κ1) is 40.8. The number of esters is 1. The van der Waals surface area contributed by atoms with Crippen molar-refractivity contribution in [3.05, 3.63) is 59.7 Å². The molecule has 5 N–H and O–H groups in total. The molecule has 0 bridgehead atoms. The standard InChI is InChI=1S/C38H51N5O10S/c44-33(12-6-5-11-32-36-31(25-54-32)42-37(47)43-36)39-15-18-50-21-22-52-35(46)24-51-20-19-49-17-16-40-34(45)13-14-41-38(48)53-23-30-28-9-3-1-7-26(28)27-8-2-4-10-29(27)30/h1-4,7-10,30-32,36H,5-6,11-25H2,(H,39,44)(H,40,45)(H,41,48)(H2,42,43,47)/t31-,32-,36-/m0/s1. The number of hydrogen-bond acceptors (Lipinski definition) is 11. The van der Waals surface area contributed by atoms with Crippen molar-refractivity contribution in [2.24, 2.45) is 0 Å². The maximum Gasteiger partial charge on any atom is 0.407 e. The molecular weight excluding hydrogens is 719 g/mol. The van der Waals surface area contributed by atoms with Gasteiger partial charge in [0.1, 0.15) is 19.8 Å². The second-order valence-corrected chi connectivity index (χ2v) is 14.3. The largest absolute Gasteiger partial charge is 0.462 e. The summed E-state index contributed by atoms with van der Waals surface area (Å²) in [6, 6.07) is 16.5. The molecule has 2 fully saturated rings. The molecule has 5 rings (SSSR count). The van der Waals surface area contributed by atoms with Crippen LogP contribution in [-0.4, -0.2) is 125 Å². The third-order valence-corrected chi connectivity index (χ3v) is 10.8. The topological polar surface area (TPSA) is 192 Å². The van der Waals surface area contributed by atoms with Crippen molar-refractivity contribution in [1.82, 2.24) is 26.6 Å². The van der Waals surface area contributed by atoms with Crippen LogP contribution in [0.2, 0.25) is 0 Å². The summed E-state index contributed by atoms with van der Waals surface area (Å²) in [5.74, 6) is 0.118. The lowest BCUT2D eigenvalue weighted by Gasteiger charge is -2.16. The van der Waals surface area contributed by atoms with Crippen LogP contribution in [0.25, 0.3) is 11.1 Å². The van der Waals surface area contributed by atoms with E-state index in [1.54, 1.807) is 0 Å². The zero-order valence-corrected chi connectivity index (χ0v) is 31.3. The second-order valence-electron chi connectivity index (χ2n) is 13.1. The first-order valence-electron chi connectivity index (χ1n) is 18.6. The van der Waals surface area contributed by atoms with Crippen LogP contribution in [0.1, 0.15) is 49.1 Å². The molecule has 15 nitrogen and oxygen atoms in total. The Bertz CT molecular complexity index is 1520. The van der Waals surface area contributed by atoms with E-state index in [2.05, 4.69) is 50.8 Å². The van der Waals surface area contributed by atoms with Gasteiger partial charge in [0.25, 0.3) is 0 Å². The first-order chi connectivity index (χ1) is 26.4. The number of unbranched alkanes of at least 4 members (excludes halogenated alkanes) is 1. The van der Waals surface area contributed by atoms with E-state index in [0.29, 0.717) is 24.8 Å². The first-order valence-corrected chi connectivity index (χ1v) is 19.6. The average molecular weight is 770 g/mol. The van der Waals surface area contributed by atoms with Crippen LogP contribution in [0, 0.1) is 0 Å². The van der Waals surface area contributed by atoms with E-state index in [1.165, 1.54) is 0 Å². The Hall–Kier alpha value is -4.38. The lowest BCUT2D eigenvalue weighted by atomic mass is 9.98. The molecule has 2 aliphatic heterocycles. The smallest absolute Gasteiger partial charge is 0.407 e. The van der Waals surface area contributed by atoms with E-state index in [0.717, 1.165) is 47.3 Å². The molecule has 2 aromatic rings. The second kappa shape index (κ2) is 22.1. The van der Waals surface area contributed by atoms with Crippen LogP contribution in [0.5, 0.6) is 0 Å². The van der Waals surface area contributed by atoms with Gasteiger partial charge < -0.3 is 50.3 Å². The third-order valence-electron chi connectivity index (χ3n) is 9.27. The number of amides is 5. The van der Waals surface area contributed by atoms with Crippen molar-refractivity contribution in [1.29, 1.82) is 0 Å². The molecule has 2 saturated heterocycles. The van der Waals surface area contributed by atoms with Crippen LogP contribution in [0.3, 0.4) is 0 Å². The highest BCUT2D eigenvalue weighted by molar-refractivity contribution is 8.00. The molecule has 5 amide bonds. The number of ether oxygens (including phenoxy) is 5. The fourth-order valence-electron chi connectivity index (χ4n) is 6.64. The molecule has 0 saturated carbocycles. The molecule has 16 heteroatoms. The molecule has 1 aliphatic carbocycles. The maximum atomic E-state index is 12.3. The Morgan fingerprint density at radius 1 is 0.704 bits per heavy atom. The predicted octanol–water partition coefficient (Wildman–Crippen LogP) is 2.47. The highest BCUT2D eigenvalue weighted by Gasteiger charge is 2.42. The summed E-state index contributed by atoms with van der Waals surface area (Å²) in [7, 11) is 0. The number of hydrogen-bond donors (Lipinski definition) is 5. The number of nitrogens with one attached hydrogen (secondary N) is 5. The number of alkyl carbamates (subject to hydrolysis) is 1. The van der Waals surface area contributed by atoms with Crippen LogP contribution >= 0.6 is 11.8 Å². The van der Waals surface area contributed by atoms with Crippen molar-refractivity contribution in [2.75, 3.05) is 78.2 Å². The monoisotopic (exact) mass is 769 g/mol. The van der Waals surface area contributed by atoms with Gasteiger partial charge in [0.15, 0.2) is 0 Å². The molecule has 2 aromatic carbocycles. The number of carbonyl (C=O) groups excluding carboxylic acids is 5. The number of carbonyl (C=O) groups is 5. The lowest BCUT2D eigenvalue weighted by molar-refractivity contribution is -0.151. The molecule has 3 aliphatic rings. The van der Waals surface area contributed by atoms with Crippen LogP contribution < -0.4 is 26.6 Å². The van der Waals surface area contributed by atoms with Gasteiger partial charge in [0.2, 0.25) is 11.8 Å². The van der Waals surface area contributed by atoms with Gasteiger partial charge in [-0.2, -0.15) is 11.8 Å². The van der Waals surface area contributed by atoms with E-state index in [4.69, 9.17) is 23.7 Å². The number of benzene rings is 2. The summed E-state index contributed by atoms with van der Waals surface area (Å²) in [6.07, 6.45) is 2.67. The van der Waals surface area contributed by atoms with Gasteiger partial charge in [-0.1, -0.05) is 55.0 Å². The fraction of sp³-hybridized carbons (Fsp3) is 0.553. The molecule has 3 atom stereocenters. The minimum atomic E-state index is -0.570. The summed E-state index contributed by atoms with van der Waals surface area (Å²) >= 11 is 1.87. The van der Waals surface area contributed by atoms with E-state index >= 15 is 0 Å². The lowest BCUT2D eigenvalue weighted by Crippen LogP contribution is -2.36. The maximum absolute atomic E-state index is 12.3. The normalized spacial score (nSPS) is 18.1. The molecule has 0 unspecified atom stereocenters. The van der Waals surface area contributed by atoms with Gasteiger partial charge in [0, 0.05) is 49.4 Å². The fourth-order valence-corrected chi connectivity index (χ4v) is 8.18. The molecule has 0 radical (unpaired) electrons. The summed E-state index contributed by atoms with van der Waals surface area (Å²) in [5, 5.41) is 14.5. The minimum Gasteiger partial charge on any atom is -0.462 e. The Kier molecular flexibility index (Phi) is 16.7. The molecule has 2 heterocycles. The van der Waals surface area contributed by atoms with Gasteiger partial charge in [-0.25, -0.2) is 14.4 Å². The highest BCUT2D eigenvalue weighted by atomic mass is 32.2. The zero-order chi connectivity index (χ0) is 38.0. The number of fused-ring (bicyclic) bond motifs is 4. The highest BCUT2D eigenvalue weighted by Crippen LogP contribution is 2.44. The summed E-state index contributed by atoms with van der Waals surface area (Å²) in [4.78, 5) is 59.7. The Morgan fingerprint density at radius 3 is 2.07 bits per heavy atom. The molecule has 0 aromatic heterocycles. The van der Waals surface area contributed by atoms with Crippen LogP contribution in [0.15, 0.2) is 48.5 Å². The van der Waals surface area contributed by atoms with Crippen molar-refractivity contribution < 1.29 is 47.7 Å². The van der Waals surface area contributed by atoms with Crippen molar-refractivity contribution >= 4 is 41.7 Å². The number of thioether (sulfide) groups is 1. The minimum absolute atomic E-state index is 0.0264. The quantitative estimate of drug-likeness (QED) is 0.0599. The van der Waals surface area contributed by atoms with Gasteiger partial charge in [-0.15, -0.1) is 0 Å². The van der Waals surface area contributed by atoms with Gasteiger partial charge in [-0.3, -0.25) is 9.59 Å².